The summed E-state index contributed by atoms with van der Waals surface area (Å²) in [6.07, 6.45) is 9.86. The second-order valence-corrected chi connectivity index (χ2v) is 5.45. The topological polar surface area (TPSA) is 50.1 Å². The number of nitrogens with one attached hydrogen (secondary N) is 1. The Labute approximate surface area is 110 Å². The summed E-state index contributed by atoms with van der Waals surface area (Å²) < 4.78 is 4.53. The maximum absolute atomic E-state index is 10.2. The van der Waals surface area contributed by atoms with Gasteiger partial charge in [-0.3, -0.25) is 0 Å². The molecular weight excluding hydrogens is 234 g/mol. The summed E-state index contributed by atoms with van der Waals surface area (Å²) in [4.78, 5) is 10.2. The van der Waals surface area contributed by atoms with Crippen LogP contribution < -0.4 is 5.73 Å². The Balaban J connectivity index is 2.91. The molecule has 1 N–H and O–H groups in total. The second kappa shape index (κ2) is 13.7. The van der Waals surface area contributed by atoms with Crippen LogP contribution in [0.5, 0.6) is 0 Å². The first-order valence-electron chi connectivity index (χ1n) is 6.73. The maximum Gasteiger partial charge on any atom is 0.426 e. The van der Waals surface area contributed by atoms with Crippen LogP contribution in [0.1, 0.15) is 58.3 Å². The van der Waals surface area contributed by atoms with Gasteiger partial charge in [0.25, 0.3) is 0 Å². The molecule has 0 aliphatic carbocycles. The molecule has 0 rings (SSSR count). The third-order valence-corrected chi connectivity index (χ3v) is 3.64. The molecule has 0 aliphatic heterocycles. The van der Waals surface area contributed by atoms with Gasteiger partial charge in [-0.25, -0.2) is 10.5 Å². The normalized spacial score (nSPS) is 10.4. The quantitative estimate of drug-likeness (QED) is 0.492. The third kappa shape index (κ3) is 15.6. The average Bonchev–Trinajstić information content (AvgIpc) is 2.30. The minimum atomic E-state index is -0.919. The van der Waals surface area contributed by atoms with Crippen LogP contribution >= 0.6 is 11.8 Å². The fourth-order valence-corrected chi connectivity index (χ4v) is 2.45. The van der Waals surface area contributed by atoms with Gasteiger partial charge in [0.15, 0.2) is 0 Å². The van der Waals surface area contributed by atoms with Crippen molar-refractivity contribution < 1.29 is 9.53 Å². The van der Waals surface area contributed by atoms with Gasteiger partial charge < -0.3 is 4.74 Å². The van der Waals surface area contributed by atoms with Gasteiger partial charge in [-0.1, -0.05) is 51.9 Å². The number of rotatable bonds is 12. The van der Waals surface area contributed by atoms with E-state index in [1.807, 2.05) is 0 Å². The summed E-state index contributed by atoms with van der Waals surface area (Å²) in [6.45, 7) is 2.62. The van der Waals surface area contributed by atoms with E-state index >= 15 is 0 Å². The molecule has 17 heavy (non-hydrogen) atoms. The second-order valence-electron chi connectivity index (χ2n) is 4.22. The van der Waals surface area contributed by atoms with E-state index < -0.39 is 6.09 Å². The van der Waals surface area contributed by atoms with E-state index in [4.69, 9.17) is 5.73 Å². The Bertz CT molecular complexity index is 177. The summed E-state index contributed by atoms with van der Waals surface area (Å²) >= 11 is 1.81. The lowest BCUT2D eigenvalue weighted by molar-refractivity contribution is 0.162. The smallest absolute Gasteiger partial charge is 0.426 e. The van der Waals surface area contributed by atoms with Gasteiger partial charge in [0, 0.05) is 5.75 Å². The predicted molar refractivity (Wildman–Crippen MR) is 74.4 cm³/mol. The Morgan fingerprint density at radius 1 is 1.00 bits per heavy atom. The van der Waals surface area contributed by atoms with Crippen LogP contribution in [0.3, 0.4) is 0 Å². The molecule has 0 saturated carbocycles. The Morgan fingerprint density at radius 2 is 1.59 bits per heavy atom. The van der Waals surface area contributed by atoms with Gasteiger partial charge in [0.1, 0.15) is 6.61 Å². The molecule has 0 aromatic heterocycles. The molecule has 4 heteroatoms. The molecular formula is C13H26NO2S. The van der Waals surface area contributed by atoms with E-state index in [2.05, 4.69) is 11.7 Å². The standard InChI is InChI=1S/C13H26NO2S/c1-2-3-4-5-6-7-8-9-11-17-12-10-16-13(14)15/h14H,2-12H2,1H3. The zero-order valence-electron chi connectivity index (χ0n) is 11.0. The Hall–Kier alpha value is -0.380. The van der Waals surface area contributed by atoms with Gasteiger partial charge in [0.05, 0.1) is 0 Å². The highest BCUT2D eigenvalue weighted by molar-refractivity contribution is 7.99. The zero-order valence-corrected chi connectivity index (χ0v) is 11.8. The fraction of sp³-hybridized carbons (Fsp3) is 0.923. The average molecular weight is 260 g/mol. The van der Waals surface area contributed by atoms with Crippen LogP contribution in [0.4, 0.5) is 4.79 Å². The molecule has 0 fully saturated rings. The minimum absolute atomic E-state index is 0.379. The van der Waals surface area contributed by atoms with Crippen LogP contribution in [0.15, 0.2) is 0 Å². The molecule has 0 aromatic carbocycles. The first-order chi connectivity index (χ1) is 8.27. The summed E-state index contributed by atoms with van der Waals surface area (Å²) in [6, 6.07) is 0. The maximum atomic E-state index is 10.2. The zero-order chi connectivity index (χ0) is 12.8. The molecule has 0 aliphatic rings. The van der Waals surface area contributed by atoms with E-state index in [0.29, 0.717) is 6.61 Å². The molecule has 1 radical (unpaired) electrons. The molecule has 1 amide bonds. The lowest BCUT2D eigenvalue weighted by atomic mass is 10.1. The highest BCUT2D eigenvalue weighted by Crippen LogP contribution is 2.11. The van der Waals surface area contributed by atoms with Crippen molar-refractivity contribution >= 4 is 17.9 Å². The molecule has 0 bridgehead atoms. The minimum Gasteiger partial charge on any atom is -0.447 e. The van der Waals surface area contributed by atoms with Gasteiger partial charge in [-0.15, -0.1) is 0 Å². The highest BCUT2D eigenvalue weighted by Gasteiger charge is 1.95. The first-order valence-corrected chi connectivity index (χ1v) is 7.89. The molecule has 0 heterocycles. The lowest BCUT2D eigenvalue weighted by Crippen LogP contribution is -2.05. The van der Waals surface area contributed by atoms with Crippen LogP contribution in [-0.2, 0) is 4.74 Å². The molecule has 0 unspecified atom stereocenters. The largest absolute Gasteiger partial charge is 0.447 e. The molecule has 0 atom stereocenters. The van der Waals surface area contributed by atoms with Crippen molar-refractivity contribution in [1.82, 2.24) is 5.73 Å². The number of carbonyl (C=O) groups excluding carboxylic acids is 1. The van der Waals surface area contributed by atoms with Gasteiger partial charge in [0.2, 0.25) is 0 Å². The van der Waals surface area contributed by atoms with E-state index in [-0.39, 0.29) is 0 Å². The van der Waals surface area contributed by atoms with Crippen molar-refractivity contribution in [2.45, 2.75) is 58.3 Å². The van der Waals surface area contributed by atoms with Crippen LogP contribution in [0.25, 0.3) is 0 Å². The SMILES string of the molecule is CCCCCCCCCCSCCOC([NH])=O. The molecule has 0 aromatic rings. The predicted octanol–water partition coefficient (Wildman–Crippen LogP) is 4.28. The van der Waals surface area contributed by atoms with Gasteiger partial charge in [-0.2, -0.15) is 11.8 Å². The molecule has 0 spiro atoms. The van der Waals surface area contributed by atoms with Gasteiger partial charge in [-0.05, 0) is 12.2 Å². The number of unbranched alkanes of at least 4 members (excludes halogenated alkanes) is 7. The van der Waals surface area contributed by atoms with Crippen molar-refractivity contribution in [3.63, 3.8) is 0 Å². The summed E-state index contributed by atoms with van der Waals surface area (Å²) in [7, 11) is 0. The van der Waals surface area contributed by atoms with Crippen molar-refractivity contribution in [3.05, 3.63) is 0 Å². The number of thioether (sulfide) groups is 1. The number of ether oxygens (including phenoxy) is 1. The van der Waals surface area contributed by atoms with Gasteiger partial charge >= 0.3 is 6.09 Å². The Kier molecular flexibility index (Phi) is 13.4. The molecule has 101 valence electrons. The monoisotopic (exact) mass is 260 g/mol. The van der Waals surface area contributed by atoms with E-state index in [1.54, 1.807) is 11.8 Å². The van der Waals surface area contributed by atoms with Crippen LogP contribution in [-0.4, -0.2) is 24.2 Å². The van der Waals surface area contributed by atoms with Crippen LogP contribution in [0.2, 0.25) is 0 Å². The number of hydrogen-bond donors (Lipinski definition) is 0. The van der Waals surface area contributed by atoms with Crippen LogP contribution in [0, 0.1) is 0 Å². The van der Waals surface area contributed by atoms with Crippen molar-refractivity contribution in [2.75, 3.05) is 18.1 Å². The van der Waals surface area contributed by atoms with E-state index in [1.165, 1.54) is 51.4 Å². The van der Waals surface area contributed by atoms with Crippen molar-refractivity contribution in [2.24, 2.45) is 0 Å². The molecule has 3 nitrogen and oxygen atoms in total. The van der Waals surface area contributed by atoms with Crippen molar-refractivity contribution in [3.8, 4) is 0 Å². The number of hydrogen-bond acceptors (Lipinski definition) is 3. The summed E-state index contributed by atoms with van der Waals surface area (Å²) in [5.74, 6) is 1.96. The summed E-state index contributed by atoms with van der Waals surface area (Å²) in [5, 5.41) is 0. The highest BCUT2D eigenvalue weighted by atomic mass is 32.2. The number of carbonyl (C=O) groups is 1. The van der Waals surface area contributed by atoms with E-state index in [9.17, 15) is 4.79 Å². The fourth-order valence-electron chi connectivity index (χ4n) is 1.63. The summed E-state index contributed by atoms with van der Waals surface area (Å²) in [5.41, 5.74) is 6.55. The van der Waals surface area contributed by atoms with Crippen molar-refractivity contribution in [1.29, 1.82) is 0 Å². The first kappa shape index (κ1) is 16.6. The van der Waals surface area contributed by atoms with E-state index in [0.717, 1.165) is 11.5 Å². The lowest BCUT2D eigenvalue weighted by Gasteiger charge is -2.02. The molecule has 0 saturated heterocycles. The third-order valence-electron chi connectivity index (χ3n) is 2.60. The number of amides is 1. The Morgan fingerprint density at radius 3 is 2.18 bits per heavy atom.